The van der Waals surface area contributed by atoms with Gasteiger partial charge in [-0.3, -0.25) is 4.79 Å². The molecule has 1 saturated heterocycles. The molecule has 0 aliphatic carbocycles. The lowest BCUT2D eigenvalue weighted by Crippen LogP contribution is -2.39. The number of aliphatic carboxylic acids is 1. The zero-order valence-electron chi connectivity index (χ0n) is 14.5. The number of carboxylic acids is 1. The van der Waals surface area contributed by atoms with Crippen LogP contribution in [-0.4, -0.2) is 49.3 Å². The number of carbonyl (C=O) groups is 1. The summed E-state index contributed by atoms with van der Waals surface area (Å²) in [5.41, 5.74) is 0.350. The van der Waals surface area contributed by atoms with E-state index < -0.39 is 11.4 Å². The molecule has 23 heavy (non-hydrogen) atoms. The van der Waals surface area contributed by atoms with E-state index in [0.29, 0.717) is 11.5 Å². The van der Waals surface area contributed by atoms with Crippen LogP contribution in [0.2, 0.25) is 0 Å². The highest BCUT2D eigenvalue weighted by molar-refractivity contribution is 5.69. The summed E-state index contributed by atoms with van der Waals surface area (Å²) in [6.07, 6.45) is 2.25. The van der Waals surface area contributed by atoms with E-state index in [1.807, 2.05) is 32.0 Å². The van der Waals surface area contributed by atoms with E-state index >= 15 is 0 Å². The molecule has 1 unspecified atom stereocenters. The first kappa shape index (κ1) is 17.6. The number of likely N-dealkylation sites (tertiary alicyclic amines) is 1. The Kier molecular flexibility index (Phi) is 5.52. The fraction of sp³-hybridized carbons (Fsp3) is 0.611. The number of methoxy groups -OCH3 is 1. The van der Waals surface area contributed by atoms with Gasteiger partial charge >= 0.3 is 5.97 Å². The summed E-state index contributed by atoms with van der Waals surface area (Å²) >= 11 is 0. The van der Waals surface area contributed by atoms with Gasteiger partial charge in [-0.1, -0.05) is 26.0 Å². The van der Waals surface area contributed by atoms with Crippen LogP contribution in [-0.2, 0) is 10.2 Å². The largest absolute Gasteiger partial charge is 0.493 e. The van der Waals surface area contributed by atoms with Crippen molar-refractivity contribution in [3.63, 3.8) is 0 Å². The Morgan fingerprint density at radius 2 is 2.17 bits per heavy atom. The number of para-hydroxylation sites is 1. The maximum atomic E-state index is 11.2. The molecule has 1 fully saturated rings. The Labute approximate surface area is 138 Å². The molecule has 1 N–H and O–H groups in total. The third-order valence-corrected chi connectivity index (χ3v) is 4.39. The molecule has 0 bridgehead atoms. The van der Waals surface area contributed by atoms with Crippen LogP contribution in [0.3, 0.4) is 0 Å². The van der Waals surface area contributed by atoms with Crippen molar-refractivity contribution in [3.05, 3.63) is 23.8 Å². The van der Waals surface area contributed by atoms with Gasteiger partial charge in [-0.2, -0.15) is 0 Å². The van der Waals surface area contributed by atoms with E-state index in [2.05, 4.69) is 11.9 Å². The minimum Gasteiger partial charge on any atom is -0.493 e. The second-order valence-electron chi connectivity index (χ2n) is 6.94. The Morgan fingerprint density at radius 1 is 1.43 bits per heavy atom. The molecule has 1 aliphatic heterocycles. The molecule has 0 radical (unpaired) electrons. The lowest BCUT2D eigenvalue weighted by atomic mass is 9.81. The Bertz CT molecular complexity index is 556. The van der Waals surface area contributed by atoms with Crippen LogP contribution in [0.25, 0.3) is 0 Å². The molecule has 1 heterocycles. The minimum absolute atomic E-state index is 0.0428. The zero-order valence-corrected chi connectivity index (χ0v) is 14.5. The molecule has 0 aromatic heterocycles. The number of carboxylic acid groups (broad SMARTS) is 1. The number of likely N-dealkylation sites (N-methyl/N-ethyl adjacent to an activating group) is 1. The molecular weight excluding hydrogens is 294 g/mol. The average Bonchev–Trinajstić information content (AvgIpc) is 2.46. The molecule has 1 aromatic rings. The number of nitrogens with zero attached hydrogens (tertiary/aromatic N) is 1. The van der Waals surface area contributed by atoms with Crippen LogP contribution in [0.1, 0.15) is 38.7 Å². The van der Waals surface area contributed by atoms with Crippen molar-refractivity contribution >= 4 is 5.97 Å². The predicted molar refractivity (Wildman–Crippen MR) is 89.4 cm³/mol. The van der Waals surface area contributed by atoms with Gasteiger partial charge in [0.1, 0.15) is 6.10 Å². The van der Waals surface area contributed by atoms with E-state index in [1.165, 1.54) is 0 Å². The van der Waals surface area contributed by atoms with Crippen LogP contribution < -0.4 is 9.47 Å². The lowest BCUT2D eigenvalue weighted by molar-refractivity contribution is -0.138. The molecule has 1 aliphatic rings. The molecule has 0 amide bonds. The number of benzene rings is 1. The molecule has 0 spiro atoms. The summed E-state index contributed by atoms with van der Waals surface area (Å²) in [5.74, 6) is 0.525. The van der Waals surface area contributed by atoms with Crippen LogP contribution in [0.15, 0.2) is 18.2 Å². The molecule has 5 heteroatoms. The molecule has 128 valence electrons. The highest BCUT2D eigenvalue weighted by Crippen LogP contribution is 2.41. The summed E-state index contributed by atoms with van der Waals surface area (Å²) in [5, 5.41) is 9.21. The van der Waals surface area contributed by atoms with E-state index in [1.54, 1.807) is 7.11 Å². The van der Waals surface area contributed by atoms with Gasteiger partial charge in [-0.05, 0) is 32.5 Å². The van der Waals surface area contributed by atoms with Gasteiger partial charge in [0.2, 0.25) is 0 Å². The molecule has 2 rings (SSSR count). The van der Waals surface area contributed by atoms with Crippen molar-refractivity contribution in [2.75, 3.05) is 27.2 Å². The van der Waals surface area contributed by atoms with Crippen molar-refractivity contribution in [1.29, 1.82) is 0 Å². The Balaban J connectivity index is 2.33. The number of rotatable bonds is 6. The zero-order chi connectivity index (χ0) is 17.0. The van der Waals surface area contributed by atoms with Gasteiger partial charge in [0.25, 0.3) is 0 Å². The lowest BCUT2D eigenvalue weighted by Gasteiger charge is -2.33. The van der Waals surface area contributed by atoms with Crippen molar-refractivity contribution in [1.82, 2.24) is 4.90 Å². The van der Waals surface area contributed by atoms with Gasteiger partial charge in [0.05, 0.1) is 13.5 Å². The van der Waals surface area contributed by atoms with Crippen LogP contribution >= 0.6 is 0 Å². The first-order valence-corrected chi connectivity index (χ1v) is 8.08. The third kappa shape index (κ3) is 4.38. The molecular formula is C18H27NO4. The fourth-order valence-electron chi connectivity index (χ4n) is 3.19. The fourth-order valence-corrected chi connectivity index (χ4v) is 3.19. The summed E-state index contributed by atoms with van der Waals surface area (Å²) in [6, 6.07) is 5.69. The van der Waals surface area contributed by atoms with E-state index in [-0.39, 0.29) is 12.5 Å². The normalized spacial score (nSPS) is 19.4. The molecule has 0 saturated carbocycles. The third-order valence-electron chi connectivity index (χ3n) is 4.39. The topological polar surface area (TPSA) is 59.0 Å². The second-order valence-corrected chi connectivity index (χ2v) is 6.94. The molecule has 1 aromatic carbocycles. The van der Waals surface area contributed by atoms with Crippen molar-refractivity contribution in [2.45, 2.75) is 44.6 Å². The quantitative estimate of drug-likeness (QED) is 0.873. The highest BCUT2D eigenvalue weighted by atomic mass is 16.5. The van der Waals surface area contributed by atoms with Crippen molar-refractivity contribution in [2.24, 2.45) is 0 Å². The standard InChI is InChI=1S/C18H27NO4/c1-18(2,11-16(20)21)14-8-5-9-15(22-4)17(14)23-13-7-6-10-19(3)12-13/h5,8-9,13H,6-7,10-12H2,1-4H3,(H,20,21). The van der Waals surface area contributed by atoms with Gasteiger partial charge < -0.3 is 19.5 Å². The number of hydrogen-bond donors (Lipinski definition) is 1. The van der Waals surface area contributed by atoms with Gasteiger partial charge in [-0.25, -0.2) is 0 Å². The van der Waals surface area contributed by atoms with E-state index in [4.69, 9.17) is 9.47 Å². The van der Waals surface area contributed by atoms with Crippen LogP contribution in [0, 0.1) is 0 Å². The Hall–Kier alpha value is -1.75. The first-order chi connectivity index (χ1) is 10.8. The van der Waals surface area contributed by atoms with Gasteiger partial charge in [0, 0.05) is 17.5 Å². The number of hydrogen-bond acceptors (Lipinski definition) is 4. The second kappa shape index (κ2) is 7.21. The van der Waals surface area contributed by atoms with Crippen molar-refractivity contribution in [3.8, 4) is 11.5 Å². The van der Waals surface area contributed by atoms with Gasteiger partial charge in [-0.15, -0.1) is 0 Å². The monoisotopic (exact) mass is 321 g/mol. The first-order valence-electron chi connectivity index (χ1n) is 8.08. The molecule has 1 atom stereocenters. The summed E-state index contributed by atoms with van der Waals surface area (Å²) < 4.78 is 11.8. The minimum atomic E-state index is -0.818. The SMILES string of the molecule is COc1cccc(C(C)(C)CC(=O)O)c1OC1CCCN(C)C1. The van der Waals surface area contributed by atoms with Gasteiger partial charge in [0.15, 0.2) is 11.5 Å². The van der Waals surface area contributed by atoms with Crippen LogP contribution in [0.4, 0.5) is 0 Å². The summed E-state index contributed by atoms with van der Waals surface area (Å²) in [4.78, 5) is 13.5. The summed E-state index contributed by atoms with van der Waals surface area (Å²) in [6.45, 7) is 5.81. The average molecular weight is 321 g/mol. The summed E-state index contributed by atoms with van der Waals surface area (Å²) in [7, 11) is 3.70. The maximum absolute atomic E-state index is 11.2. The highest BCUT2D eigenvalue weighted by Gasteiger charge is 2.31. The number of piperidine rings is 1. The smallest absolute Gasteiger partial charge is 0.304 e. The van der Waals surface area contributed by atoms with E-state index in [0.717, 1.165) is 31.5 Å². The number of ether oxygens (including phenoxy) is 2. The molecule has 5 nitrogen and oxygen atoms in total. The predicted octanol–water partition coefficient (Wildman–Crippen LogP) is 2.92. The Morgan fingerprint density at radius 3 is 2.78 bits per heavy atom. The van der Waals surface area contributed by atoms with Crippen molar-refractivity contribution < 1.29 is 19.4 Å². The maximum Gasteiger partial charge on any atom is 0.304 e. The van der Waals surface area contributed by atoms with Crippen LogP contribution in [0.5, 0.6) is 11.5 Å². The van der Waals surface area contributed by atoms with E-state index in [9.17, 15) is 9.90 Å².